The highest BCUT2D eigenvalue weighted by molar-refractivity contribution is 6.19. The highest BCUT2D eigenvalue weighted by Crippen LogP contribution is 2.39. The SMILES string of the molecule is ClCC1=C2CCC(=C1)C2. The van der Waals surface area contributed by atoms with Crippen molar-refractivity contribution in [2.75, 3.05) is 5.88 Å². The van der Waals surface area contributed by atoms with Gasteiger partial charge in [-0.25, -0.2) is 0 Å². The normalized spacial score (nSPS) is 23.4. The standard InChI is InChI=1S/C8H9Cl/c9-5-8-4-6-1-2-7(8)3-6/h4H,1-3,5H2. The zero-order chi connectivity index (χ0) is 6.27. The molecule has 0 aromatic heterocycles. The minimum Gasteiger partial charge on any atom is -0.122 e. The molecule has 0 aliphatic heterocycles. The fraction of sp³-hybridized carbons (Fsp3) is 0.500. The third kappa shape index (κ3) is 0.734. The first-order valence-corrected chi connectivity index (χ1v) is 3.90. The Balaban J connectivity index is 2.33. The molecule has 2 aliphatic rings. The van der Waals surface area contributed by atoms with Crippen molar-refractivity contribution in [3.8, 4) is 0 Å². The second kappa shape index (κ2) is 1.88. The summed E-state index contributed by atoms with van der Waals surface area (Å²) in [6.07, 6.45) is 6.09. The summed E-state index contributed by atoms with van der Waals surface area (Å²) >= 11 is 5.70. The quantitative estimate of drug-likeness (QED) is 0.492. The summed E-state index contributed by atoms with van der Waals surface area (Å²) in [5.41, 5.74) is 4.60. The maximum atomic E-state index is 5.70. The van der Waals surface area contributed by atoms with Gasteiger partial charge in [-0.3, -0.25) is 0 Å². The first kappa shape index (κ1) is 5.55. The van der Waals surface area contributed by atoms with Gasteiger partial charge in [0.15, 0.2) is 0 Å². The molecule has 1 heteroatoms. The molecule has 0 unspecified atom stereocenters. The van der Waals surface area contributed by atoms with Gasteiger partial charge < -0.3 is 0 Å². The van der Waals surface area contributed by atoms with E-state index in [1.807, 2.05) is 0 Å². The molecule has 0 nitrogen and oxygen atoms in total. The lowest BCUT2D eigenvalue weighted by Gasteiger charge is -1.99. The maximum Gasteiger partial charge on any atom is 0.0473 e. The van der Waals surface area contributed by atoms with Crippen LogP contribution in [-0.4, -0.2) is 5.88 Å². The van der Waals surface area contributed by atoms with Crippen molar-refractivity contribution < 1.29 is 0 Å². The van der Waals surface area contributed by atoms with Gasteiger partial charge >= 0.3 is 0 Å². The van der Waals surface area contributed by atoms with Gasteiger partial charge in [0.2, 0.25) is 0 Å². The molecule has 0 aromatic rings. The Morgan fingerprint density at radius 2 is 2.33 bits per heavy atom. The Morgan fingerprint density at radius 1 is 1.44 bits per heavy atom. The number of fused-ring (bicyclic) bond motifs is 2. The second-order valence-electron chi connectivity index (χ2n) is 2.74. The molecule has 2 rings (SSSR count). The van der Waals surface area contributed by atoms with Crippen LogP contribution in [0.3, 0.4) is 0 Å². The summed E-state index contributed by atoms with van der Waals surface area (Å²) in [5.74, 6) is 0.721. The molecule has 0 aromatic carbocycles. The van der Waals surface area contributed by atoms with E-state index in [4.69, 9.17) is 11.6 Å². The van der Waals surface area contributed by atoms with E-state index in [0.29, 0.717) is 0 Å². The summed E-state index contributed by atoms with van der Waals surface area (Å²) < 4.78 is 0. The van der Waals surface area contributed by atoms with E-state index in [0.717, 1.165) is 5.88 Å². The molecule has 1 fully saturated rings. The molecule has 0 radical (unpaired) electrons. The summed E-state index contributed by atoms with van der Waals surface area (Å²) in [4.78, 5) is 0. The lowest BCUT2D eigenvalue weighted by atomic mass is 10.1. The van der Waals surface area contributed by atoms with Gasteiger partial charge in [0.25, 0.3) is 0 Å². The second-order valence-corrected chi connectivity index (χ2v) is 3.01. The van der Waals surface area contributed by atoms with Gasteiger partial charge in [0.1, 0.15) is 0 Å². The van der Waals surface area contributed by atoms with Crippen LogP contribution in [0.2, 0.25) is 0 Å². The van der Waals surface area contributed by atoms with Crippen molar-refractivity contribution in [1.82, 2.24) is 0 Å². The fourth-order valence-corrected chi connectivity index (χ4v) is 1.91. The average Bonchev–Trinajstić information content (AvgIpc) is 2.45. The molecule has 2 bridgehead atoms. The van der Waals surface area contributed by atoms with Crippen molar-refractivity contribution in [2.45, 2.75) is 19.3 Å². The molecule has 9 heavy (non-hydrogen) atoms. The maximum absolute atomic E-state index is 5.70. The highest BCUT2D eigenvalue weighted by Gasteiger charge is 2.20. The van der Waals surface area contributed by atoms with Crippen LogP contribution >= 0.6 is 11.6 Å². The summed E-state index contributed by atoms with van der Waals surface area (Å²) in [6.45, 7) is 0. The molecular weight excluding hydrogens is 132 g/mol. The highest BCUT2D eigenvalue weighted by atomic mass is 35.5. The molecule has 1 saturated carbocycles. The van der Waals surface area contributed by atoms with Crippen LogP contribution in [0.15, 0.2) is 22.8 Å². The Bertz CT molecular complexity index is 199. The van der Waals surface area contributed by atoms with Gasteiger partial charge in [-0.1, -0.05) is 17.2 Å². The summed E-state index contributed by atoms with van der Waals surface area (Å²) in [6, 6.07) is 0. The van der Waals surface area contributed by atoms with E-state index >= 15 is 0 Å². The van der Waals surface area contributed by atoms with Crippen molar-refractivity contribution >= 4 is 11.6 Å². The molecule has 0 amide bonds. The molecule has 0 spiro atoms. The van der Waals surface area contributed by atoms with Crippen molar-refractivity contribution in [3.05, 3.63) is 22.8 Å². The molecule has 0 heterocycles. The fourth-order valence-electron chi connectivity index (χ4n) is 1.64. The molecule has 2 aliphatic carbocycles. The number of alkyl halides is 1. The number of hydrogen-bond acceptors (Lipinski definition) is 0. The lowest BCUT2D eigenvalue weighted by Crippen LogP contribution is -1.84. The third-order valence-corrected chi connectivity index (χ3v) is 2.45. The minimum atomic E-state index is 0.721. The van der Waals surface area contributed by atoms with Crippen LogP contribution in [0, 0.1) is 0 Å². The summed E-state index contributed by atoms with van der Waals surface area (Å²) in [5, 5.41) is 0. The average molecular weight is 141 g/mol. The van der Waals surface area contributed by atoms with E-state index < -0.39 is 0 Å². The van der Waals surface area contributed by atoms with E-state index in [1.54, 1.807) is 11.1 Å². The van der Waals surface area contributed by atoms with Gasteiger partial charge in [-0.15, -0.1) is 11.6 Å². The minimum absolute atomic E-state index is 0.721. The van der Waals surface area contributed by atoms with E-state index in [-0.39, 0.29) is 0 Å². The Labute approximate surface area is 60.2 Å². The third-order valence-electron chi connectivity index (χ3n) is 2.16. The molecule has 48 valence electrons. The van der Waals surface area contributed by atoms with Crippen molar-refractivity contribution in [3.63, 3.8) is 0 Å². The first-order chi connectivity index (χ1) is 4.40. The van der Waals surface area contributed by atoms with Crippen molar-refractivity contribution in [2.24, 2.45) is 0 Å². The monoisotopic (exact) mass is 140 g/mol. The molecule has 0 N–H and O–H groups in total. The van der Waals surface area contributed by atoms with Crippen LogP contribution in [0.1, 0.15) is 19.3 Å². The van der Waals surface area contributed by atoms with Gasteiger partial charge in [-0.05, 0) is 24.8 Å². The number of rotatable bonds is 1. The van der Waals surface area contributed by atoms with Crippen LogP contribution in [0.25, 0.3) is 0 Å². The molecule has 0 saturated heterocycles. The van der Waals surface area contributed by atoms with Crippen molar-refractivity contribution in [1.29, 1.82) is 0 Å². The predicted molar refractivity (Wildman–Crippen MR) is 39.7 cm³/mol. The van der Waals surface area contributed by atoms with Crippen LogP contribution in [0.5, 0.6) is 0 Å². The number of halogens is 1. The Morgan fingerprint density at radius 3 is 2.67 bits per heavy atom. The zero-order valence-electron chi connectivity index (χ0n) is 5.28. The van der Waals surface area contributed by atoms with Crippen LogP contribution in [-0.2, 0) is 0 Å². The zero-order valence-corrected chi connectivity index (χ0v) is 6.04. The van der Waals surface area contributed by atoms with Gasteiger partial charge in [0, 0.05) is 5.88 Å². The number of hydrogen-bond donors (Lipinski definition) is 0. The van der Waals surface area contributed by atoms with E-state index in [9.17, 15) is 0 Å². The molecule has 0 atom stereocenters. The Hall–Kier alpha value is -0.230. The van der Waals surface area contributed by atoms with Gasteiger partial charge in [-0.2, -0.15) is 0 Å². The molecular formula is C8H9Cl. The van der Waals surface area contributed by atoms with Gasteiger partial charge in [0.05, 0.1) is 0 Å². The predicted octanol–water partition coefficient (Wildman–Crippen LogP) is 2.65. The van der Waals surface area contributed by atoms with E-state index in [2.05, 4.69) is 6.08 Å². The smallest absolute Gasteiger partial charge is 0.0473 e. The van der Waals surface area contributed by atoms with Crippen LogP contribution < -0.4 is 0 Å². The lowest BCUT2D eigenvalue weighted by molar-refractivity contribution is 1.02. The first-order valence-electron chi connectivity index (χ1n) is 3.36. The number of allylic oxidation sites excluding steroid dienone is 4. The van der Waals surface area contributed by atoms with E-state index in [1.165, 1.54) is 24.8 Å². The Kier molecular flexibility index (Phi) is 1.16. The largest absolute Gasteiger partial charge is 0.122 e. The van der Waals surface area contributed by atoms with Crippen LogP contribution in [0.4, 0.5) is 0 Å². The summed E-state index contributed by atoms with van der Waals surface area (Å²) in [7, 11) is 0. The topological polar surface area (TPSA) is 0 Å².